The van der Waals surface area contributed by atoms with E-state index in [0.717, 1.165) is 17.4 Å². The average Bonchev–Trinajstić information content (AvgIpc) is 2.18. The molecule has 0 aliphatic carbocycles. The van der Waals surface area contributed by atoms with Crippen LogP contribution < -0.4 is 5.63 Å². The highest BCUT2D eigenvalue weighted by Crippen LogP contribution is 2.32. The van der Waals surface area contributed by atoms with Gasteiger partial charge in [-0.15, -0.1) is 0 Å². The van der Waals surface area contributed by atoms with E-state index in [4.69, 9.17) is 4.42 Å². The second-order valence-corrected chi connectivity index (χ2v) is 6.48. The number of rotatable bonds is 1. The molecule has 0 fully saturated rings. The first-order valence-electron chi connectivity index (χ1n) is 5.71. The molecule has 0 saturated heterocycles. The number of hydrogen-bond donors (Lipinski definition) is 1. The molecule has 0 aliphatic heterocycles. The van der Waals surface area contributed by atoms with Gasteiger partial charge in [-0.25, -0.2) is 4.79 Å². The van der Waals surface area contributed by atoms with Gasteiger partial charge >= 0.3 is 5.63 Å². The molecule has 0 amide bonds. The van der Waals surface area contributed by atoms with E-state index in [1.54, 1.807) is 6.07 Å². The van der Waals surface area contributed by atoms with Gasteiger partial charge in [-0.3, -0.25) is 0 Å². The summed E-state index contributed by atoms with van der Waals surface area (Å²) in [7, 11) is 0. The van der Waals surface area contributed by atoms with Crippen LogP contribution in [0.2, 0.25) is 0 Å². The minimum absolute atomic E-state index is 0.0681. The van der Waals surface area contributed by atoms with Crippen LogP contribution >= 0.6 is 15.9 Å². The number of phenolic OH excluding ortho intramolecular Hbond substituents is 1. The summed E-state index contributed by atoms with van der Waals surface area (Å²) in [5.74, 6) is 0.0681. The Hall–Kier alpha value is -1.29. The minimum Gasteiger partial charge on any atom is -0.507 e. The number of phenols is 1. The zero-order valence-electron chi connectivity index (χ0n) is 10.6. The third-order valence-electron chi connectivity index (χ3n) is 2.62. The molecular formula is C14H15BrO3. The van der Waals surface area contributed by atoms with Crippen molar-refractivity contribution in [3.63, 3.8) is 0 Å². The Kier molecular flexibility index (Phi) is 3.23. The molecule has 4 heteroatoms. The van der Waals surface area contributed by atoms with E-state index >= 15 is 0 Å². The van der Waals surface area contributed by atoms with Crippen molar-refractivity contribution in [2.45, 2.75) is 27.2 Å². The number of halogens is 1. The molecule has 0 spiro atoms. The molecule has 1 aromatic heterocycles. The lowest BCUT2D eigenvalue weighted by Crippen LogP contribution is -2.12. The summed E-state index contributed by atoms with van der Waals surface area (Å²) in [6.07, 6.45) is 0.770. The van der Waals surface area contributed by atoms with Crippen LogP contribution in [0.3, 0.4) is 0 Å². The first-order valence-corrected chi connectivity index (χ1v) is 6.51. The fourth-order valence-electron chi connectivity index (χ4n) is 1.95. The molecule has 0 atom stereocenters. The Morgan fingerprint density at radius 1 is 1.28 bits per heavy atom. The molecule has 0 aliphatic rings. The summed E-state index contributed by atoms with van der Waals surface area (Å²) >= 11 is 3.28. The molecule has 0 bridgehead atoms. The van der Waals surface area contributed by atoms with Gasteiger partial charge in [-0.2, -0.15) is 0 Å². The summed E-state index contributed by atoms with van der Waals surface area (Å²) in [6, 6.07) is 4.78. The van der Waals surface area contributed by atoms with Crippen LogP contribution in [0, 0.1) is 5.41 Å². The monoisotopic (exact) mass is 310 g/mol. The van der Waals surface area contributed by atoms with Crippen molar-refractivity contribution in [1.82, 2.24) is 0 Å². The van der Waals surface area contributed by atoms with Crippen molar-refractivity contribution >= 4 is 26.9 Å². The lowest BCUT2D eigenvalue weighted by atomic mass is 9.87. The maximum Gasteiger partial charge on any atom is 0.336 e. The number of fused-ring (bicyclic) bond motifs is 1. The number of benzene rings is 1. The molecule has 1 heterocycles. The third-order valence-corrected chi connectivity index (χ3v) is 3.25. The molecule has 0 saturated carbocycles. The molecule has 0 radical (unpaired) electrons. The highest BCUT2D eigenvalue weighted by atomic mass is 79.9. The van der Waals surface area contributed by atoms with Gasteiger partial charge in [0.2, 0.25) is 0 Å². The first kappa shape index (κ1) is 13.1. The summed E-state index contributed by atoms with van der Waals surface area (Å²) in [4.78, 5) is 11.5. The van der Waals surface area contributed by atoms with Crippen LogP contribution in [0.25, 0.3) is 11.0 Å². The van der Waals surface area contributed by atoms with E-state index in [9.17, 15) is 9.90 Å². The van der Waals surface area contributed by atoms with Crippen molar-refractivity contribution in [3.8, 4) is 5.75 Å². The van der Waals surface area contributed by atoms with Crippen LogP contribution in [0.1, 0.15) is 26.3 Å². The number of aromatic hydroxyl groups is 1. The topological polar surface area (TPSA) is 50.4 Å². The van der Waals surface area contributed by atoms with Gasteiger partial charge in [0.25, 0.3) is 0 Å². The first-order chi connectivity index (χ1) is 8.26. The van der Waals surface area contributed by atoms with Crippen molar-refractivity contribution in [1.29, 1.82) is 0 Å². The summed E-state index contributed by atoms with van der Waals surface area (Å²) < 4.78 is 5.71. The van der Waals surface area contributed by atoms with Gasteiger partial charge in [0.05, 0.1) is 4.47 Å². The molecule has 96 valence electrons. The SMILES string of the molecule is CC(C)(C)Cc1cc(=O)oc2cc(O)c(Br)cc12. The molecular weight excluding hydrogens is 296 g/mol. The summed E-state index contributed by atoms with van der Waals surface area (Å²) in [5, 5.41) is 10.5. The van der Waals surface area contributed by atoms with E-state index in [0.29, 0.717) is 10.1 Å². The Balaban J connectivity index is 2.72. The second-order valence-electron chi connectivity index (χ2n) is 5.63. The van der Waals surface area contributed by atoms with Gasteiger partial charge in [0.1, 0.15) is 11.3 Å². The Labute approximate surface area is 114 Å². The molecule has 18 heavy (non-hydrogen) atoms. The van der Waals surface area contributed by atoms with Crippen molar-refractivity contribution < 1.29 is 9.52 Å². The standard InChI is InChI=1S/C14H15BrO3/c1-14(2,3)7-8-4-13(17)18-12-6-11(16)10(15)5-9(8)12/h4-6,16H,7H2,1-3H3. The minimum atomic E-state index is -0.386. The highest BCUT2D eigenvalue weighted by Gasteiger charge is 2.16. The molecule has 2 aromatic rings. The fraction of sp³-hybridized carbons (Fsp3) is 0.357. The van der Waals surface area contributed by atoms with E-state index < -0.39 is 0 Å². The predicted molar refractivity (Wildman–Crippen MR) is 75.0 cm³/mol. The van der Waals surface area contributed by atoms with E-state index in [-0.39, 0.29) is 16.8 Å². The lowest BCUT2D eigenvalue weighted by molar-refractivity contribution is 0.411. The van der Waals surface area contributed by atoms with Gasteiger partial charge in [0, 0.05) is 17.5 Å². The van der Waals surface area contributed by atoms with E-state index in [1.165, 1.54) is 12.1 Å². The molecule has 3 nitrogen and oxygen atoms in total. The molecule has 2 rings (SSSR count). The quantitative estimate of drug-likeness (QED) is 0.814. The van der Waals surface area contributed by atoms with Crippen LogP contribution in [-0.2, 0) is 6.42 Å². The van der Waals surface area contributed by atoms with Gasteiger partial charge < -0.3 is 9.52 Å². The molecule has 0 unspecified atom stereocenters. The zero-order valence-corrected chi connectivity index (χ0v) is 12.2. The van der Waals surface area contributed by atoms with Crippen LogP contribution in [0.4, 0.5) is 0 Å². The number of hydrogen-bond acceptors (Lipinski definition) is 3. The van der Waals surface area contributed by atoms with Crippen LogP contribution in [0.15, 0.2) is 31.9 Å². The maximum absolute atomic E-state index is 11.5. The van der Waals surface area contributed by atoms with E-state index in [1.807, 2.05) is 0 Å². The highest BCUT2D eigenvalue weighted by molar-refractivity contribution is 9.10. The predicted octanol–water partition coefficient (Wildman–Crippen LogP) is 3.85. The fourth-order valence-corrected chi connectivity index (χ4v) is 2.30. The van der Waals surface area contributed by atoms with Crippen LogP contribution in [0.5, 0.6) is 5.75 Å². The molecule has 1 aromatic carbocycles. The van der Waals surface area contributed by atoms with Gasteiger partial charge in [-0.1, -0.05) is 20.8 Å². The second kappa shape index (κ2) is 4.43. The Bertz CT molecular complexity index is 650. The molecule has 1 N–H and O–H groups in total. The smallest absolute Gasteiger partial charge is 0.336 e. The van der Waals surface area contributed by atoms with Crippen molar-refractivity contribution in [2.75, 3.05) is 0 Å². The lowest BCUT2D eigenvalue weighted by Gasteiger charge is -2.19. The van der Waals surface area contributed by atoms with Crippen LogP contribution in [-0.4, -0.2) is 5.11 Å². The average molecular weight is 311 g/mol. The Morgan fingerprint density at radius 2 is 1.94 bits per heavy atom. The van der Waals surface area contributed by atoms with Gasteiger partial charge in [0.15, 0.2) is 0 Å². The van der Waals surface area contributed by atoms with Crippen molar-refractivity contribution in [2.24, 2.45) is 5.41 Å². The zero-order chi connectivity index (χ0) is 13.5. The maximum atomic E-state index is 11.5. The normalized spacial score (nSPS) is 12.0. The van der Waals surface area contributed by atoms with E-state index in [2.05, 4.69) is 36.7 Å². The largest absolute Gasteiger partial charge is 0.507 e. The van der Waals surface area contributed by atoms with Gasteiger partial charge in [-0.05, 0) is 39.4 Å². The van der Waals surface area contributed by atoms with Crippen molar-refractivity contribution in [3.05, 3.63) is 38.7 Å². The summed E-state index contributed by atoms with van der Waals surface area (Å²) in [6.45, 7) is 6.34. The Morgan fingerprint density at radius 3 is 2.56 bits per heavy atom. The summed E-state index contributed by atoms with van der Waals surface area (Å²) in [5.41, 5.74) is 1.05. The third kappa shape index (κ3) is 2.75.